The van der Waals surface area contributed by atoms with Crippen molar-refractivity contribution in [1.29, 1.82) is 0 Å². The van der Waals surface area contributed by atoms with Crippen LogP contribution in [0.4, 0.5) is 5.69 Å². The van der Waals surface area contributed by atoms with Gasteiger partial charge in [0.15, 0.2) is 5.82 Å². The fourth-order valence-corrected chi connectivity index (χ4v) is 2.75. The molecule has 8 nitrogen and oxygen atoms in total. The van der Waals surface area contributed by atoms with Crippen molar-refractivity contribution in [3.05, 3.63) is 84.7 Å². The van der Waals surface area contributed by atoms with Crippen molar-refractivity contribution in [3.63, 3.8) is 0 Å². The Morgan fingerprint density at radius 1 is 0.967 bits per heavy atom. The van der Waals surface area contributed by atoms with Crippen LogP contribution in [-0.2, 0) is 11.2 Å². The second-order valence-corrected chi connectivity index (χ2v) is 6.38. The number of rotatable bonds is 7. The van der Waals surface area contributed by atoms with Gasteiger partial charge >= 0.3 is 0 Å². The third-order valence-corrected chi connectivity index (χ3v) is 4.25. The Labute approximate surface area is 173 Å². The molecule has 2 aromatic carbocycles. The maximum atomic E-state index is 12.2. The van der Waals surface area contributed by atoms with Crippen LogP contribution in [0.5, 0.6) is 17.4 Å². The van der Waals surface area contributed by atoms with Crippen LogP contribution in [0.1, 0.15) is 5.56 Å². The molecule has 0 saturated heterocycles. The molecule has 2 heterocycles. The van der Waals surface area contributed by atoms with E-state index >= 15 is 0 Å². The molecule has 0 radical (unpaired) electrons. The summed E-state index contributed by atoms with van der Waals surface area (Å²) in [6.45, 7) is 0. The Hall–Kier alpha value is -4.20. The molecular weight excluding hydrogens is 382 g/mol. The maximum Gasteiger partial charge on any atom is 0.238 e. The highest BCUT2D eigenvalue weighted by Crippen LogP contribution is 2.21. The third kappa shape index (κ3) is 4.79. The lowest BCUT2D eigenvalue weighted by Crippen LogP contribution is -2.14. The number of hydrogen-bond acceptors (Lipinski definition) is 6. The molecule has 0 aliphatic rings. The van der Waals surface area contributed by atoms with E-state index in [1.807, 2.05) is 30.3 Å². The molecule has 4 aromatic rings. The number of hydrogen-bond donors (Lipinski definition) is 1. The molecule has 0 atom stereocenters. The number of ether oxygens (including phenoxy) is 2. The molecule has 1 amide bonds. The minimum atomic E-state index is -0.103. The quantitative estimate of drug-likeness (QED) is 0.508. The number of carbonyl (C=O) groups is 1. The van der Waals surface area contributed by atoms with Gasteiger partial charge in [0.1, 0.15) is 11.5 Å². The second kappa shape index (κ2) is 8.87. The van der Waals surface area contributed by atoms with E-state index < -0.39 is 0 Å². The van der Waals surface area contributed by atoms with Crippen LogP contribution in [0.15, 0.2) is 79.1 Å². The standard InChI is InChI=1S/C22H19N5O3/c1-29-18-7-3-16(4-8-18)15-21(28)24-17-5-9-19(10-6-17)30-22-12-11-20(25-26-22)27-14-2-13-23-27/h2-14H,15H2,1H3,(H,24,28). The van der Waals surface area contributed by atoms with Gasteiger partial charge in [0, 0.05) is 24.1 Å². The second-order valence-electron chi connectivity index (χ2n) is 6.38. The van der Waals surface area contributed by atoms with Crippen molar-refractivity contribution in [1.82, 2.24) is 20.0 Å². The van der Waals surface area contributed by atoms with Crippen molar-refractivity contribution >= 4 is 11.6 Å². The molecule has 0 bridgehead atoms. The summed E-state index contributed by atoms with van der Waals surface area (Å²) >= 11 is 0. The largest absolute Gasteiger partial charge is 0.497 e. The third-order valence-electron chi connectivity index (χ3n) is 4.25. The average molecular weight is 401 g/mol. The lowest BCUT2D eigenvalue weighted by atomic mass is 10.1. The van der Waals surface area contributed by atoms with Crippen LogP contribution in [0.25, 0.3) is 5.82 Å². The molecule has 4 rings (SSSR count). The van der Waals surface area contributed by atoms with Gasteiger partial charge in [0.05, 0.1) is 13.5 Å². The summed E-state index contributed by atoms with van der Waals surface area (Å²) in [5, 5.41) is 15.1. The molecule has 0 unspecified atom stereocenters. The van der Waals surface area contributed by atoms with Crippen molar-refractivity contribution < 1.29 is 14.3 Å². The van der Waals surface area contributed by atoms with Crippen LogP contribution in [0.3, 0.4) is 0 Å². The van der Waals surface area contributed by atoms with E-state index in [9.17, 15) is 4.79 Å². The van der Waals surface area contributed by atoms with Gasteiger partial charge in [-0.15, -0.1) is 10.2 Å². The number of carbonyl (C=O) groups excluding carboxylic acids is 1. The van der Waals surface area contributed by atoms with Crippen LogP contribution in [0, 0.1) is 0 Å². The highest BCUT2D eigenvalue weighted by molar-refractivity contribution is 5.92. The van der Waals surface area contributed by atoms with Gasteiger partial charge in [-0.05, 0) is 54.1 Å². The molecule has 0 fully saturated rings. The Balaban J connectivity index is 1.32. The molecule has 0 aliphatic carbocycles. The Morgan fingerprint density at radius 2 is 1.73 bits per heavy atom. The first kappa shape index (κ1) is 19.1. The molecule has 1 N–H and O–H groups in total. The van der Waals surface area contributed by atoms with Crippen molar-refractivity contribution in [2.75, 3.05) is 12.4 Å². The molecule has 8 heteroatoms. The number of methoxy groups -OCH3 is 1. The number of nitrogens with zero attached hydrogens (tertiary/aromatic N) is 4. The molecule has 30 heavy (non-hydrogen) atoms. The first-order valence-electron chi connectivity index (χ1n) is 9.24. The van der Waals surface area contributed by atoms with Gasteiger partial charge in [-0.25, -0.2) is 4.68 Å². The SMILES string of the molecule is COc1ccc(CC(=O)Nc2ccc(Oc3ccc(-n4cccn4)nn3)cc2)cc1. The average Bonchev–Trinajstić information content (AvgIpc) is 3.31. The predicted molar refractivity (Wildman–Crippen MR) is 111 cm³/mol. The minimum Gasteiger partial charge on any atom is -0.497 e. The summed E-state index contributed by atoms with van der Waals surface area (Å²) in [4.78, 5) is 12.2. The summed E-state index contributed by atoms with van der Waals surface area (Å²) < 4.78 is 12.4. The van der Waals surface area contributed by atoms with Gasteiger partial charge in [0.2, 0.25) is 11.8 Å². The number of benzene rings is 2. The number of anilines is 1. The van der Waals surface area contributed by atoms with Crippen LogP contribution < -0.4 is 14.8 Å². The Kier molecular flexibility index (Phi) is 5.66. The summed E-state index contributed by atoms with van der Waals surface area (Å²) in [6, 6.07) is 19.7. The van der Waals surface area contributed by atoms with Crippen molar-refractivity contribution in [2.24, 2.45) is 0 Å². The van der Waals surface area contributed by atoms with E-state index in [-0.39, 0.29) is 12.3 Å². The number of aromatic nitrogens is 4. The van der Waals surface area contributed by atoms with Crippen molar-refractivity contribution in [3.8, 4) is 23.2 Å². The normalized spacial score (nSPS) is 10.4. The molecule has 0 spiro atoms. The van der Waals surface area contributed by atoms with E-state index in [4.69, 9.17) is 9.47 Å². The van der Waals surface area contributed by atoms with Gasteiger partial charge < -0.3 is 14.8 Å². The summed E-state index contributed by atoms with van der Waals surface area (Å²) in [5.41, 5.74) is 1.59. The van der Waals surface area contributed by atoms with Gasteiger partial charge in [-0.2, -0.15) is 5.10 Å². The van der Waals surface area contributed by atoms with Crippen LogP contribution in [-0.4, -0.2) is 33.0 Å². The van der Waals surface area contributed by atoms with Crippen LogP contribution in [0.2, 0.25) is 0 Å². The molecule has 2 aromatic heterocycles. The van der Waals surface area contributed by atoms with Gasteiger partial charge in [0.25, 0.3) is 0 Å². The monoisotopic (exact) mass is 401 g/mol. The van der Waals surface area contributed by atoms with Gasteiger partial charge in [-0.3, -0.25) is 4.79 Å². The van der Waals surface area contributed by atoms with E-state index in [1.54, 1.807) is 60.6 Å². The predicted octanol–water partition coefficient (Wildman–Crippen LogP) is 3.64. The fraction of sp³-hybridized carbons (Fsp3) is 0.0909. The van der Waals surface area contributed by atoms with Crippen molar-refractivity contribution in [2.45, 2.75) is 6.42 Å². The fourth-order valence-electron chi connectivity index (χ4n) is 2.75. The zero-order chi connectivity index (χ0) is 20.8. The van der Waals surface area contributed by atoms with E-state index in [1.165, 1.54) is 0 Å². The highest BCUT2D eigenvalue weighted by atomic mass is 16.5. The lowest BCUT2D eigenvalue weighted by molar-refractivity contribution is -0.115. The Bertz CT molecular complexity index is 1090. The number of nitrogens with one attached hydrogen (secondary N) is 1. The zero-order valence-corrected chi connectivity index (χ0v) is 16.2. The highest BCUT2D eigenvalue weighted by Gasteiger charge is 2.06. The van der Waals surface area contributed by atoms with E-state index in [0.717, 1.165) is 11.3 Å². The smallest absolute Gasteiger partial charge is 0.238 e. The van der Waals surface area contributed by atoms with E-state index in [0.29, 0.717) is 23.1 Å². The topological polar surface area (TPSA) is 91.2 Å². The van der Waals surface area contributed by atoms with E-state index in [2.05, 4.69) is 20.6 Å². The maximum absolute atomic E-state index is 12.2. The summed E-state index contributed by atoms with van der Waals surface area (Å²) in [7, 11) is 1.61. The zero-order valence-electron chi connectivity index (χ0n) is 16.2. The molecule has 150 valence electrons. The molecule has 0 aliphatic heterocycles. The first-order valence-corrected chi connectivity index (χ1v) is 9.24. The first-order chi connectivity index (χ1) is 14.7. The van der Waals surface area contributed by atoms with Gasteiger partial charge in [-0.1, -0.05) is 12.1 Å². The lowest BCUT2D eigenvalue weighted by Gasteiger charge is -2.08. The van der Waals surface area contributed by atoms with Crippen LogP contribution >= 0.6 is 0 Å². The Morgan fingerprint density at radius 3 is 2.37 bits per heavy atom. The summed E-state index contributed by atoms with van der Waals surface area (Å²) in [6.07, 6.45) is 3.73. The molecule has 0 saturated carbocycles. The number of amides is 1. The molecular formula is C22H19N5O3. The minimum absolute atomic E-state index is 0.103. The summed E-state index contributed by atoms with van der Waals surface area (Å²) in [5.74, 6) is 2.21.